The van der Waals surface area contributed by atoms with E-state index in [4.69, 9.17) is 11.6 Å². The molecule has 2 aromatic carbocycles. The lowest BCUT2D eigenvalue weighted by molar-refractivity contribution is -0.140. The molecule has 2 amide bonds. The second-order valence-corrected chi connectivity index (χ2v) is 10.1. The topological polar surface area (TPSA) is 86.8 Å². The van der Waals surface area contributed by atoms with Crippen LogP contribution in [0.5, 0.6) is 0 Å². The van der Waals surface area contributed by atoms with Crippen LogP contribution in [-0.2, 0) is 26.2 Å². The third-order valence-corrected chi connectivity index (χ3v) is 6.57. The van der Waals surface area contributed by atoms with Crippen molar-refractivity contribution in [1.29, 1.82) is 0 Å². The van der Waals surface area contributed by atoms with Crippen molar-refractivity contribution in [3.05, 3.63) is 64.7 Å². The quantitative estimate of drug-likeness (QED) is 0.494. The zero-order chi connectivity index (χ0) is 25.5. The lowest BCUT2D eigenvalue weighted by Gasteiger charge is -2.29. The summed E-state index contributed by atoms with van der Waals surface area (Å²) in [4.78, 5) is 26.9. The SMILES string of the molecule is CCNC(=O)[C@@H](C)N(Cc1ccc(Cl)cc1)C(=O)CCCN(c1ccc(F)c(F)c1)S(C)(=O)=O. The highest BCUT2D eigenvalue weighted by molar-refractivity contribution is 7.92. The van der Waals surface area contributed by atoms with Crippen LogP contribution >= 0.6 is 11.6 Å². The molecule has 2 aromatic rings. The van der Waals surface area contributed by atoms with Gasteiger partial charge in [0, 0.05) is 37.1 Å². The maximum Gasteiger partial charge on any atom is 0.242 e. The summed E-state index contributed by atoms with van der Waals surface area (Å²) in [7, 11) is -3.81. The molecule has 11 heteroatoms. The first-order chi connectivity index (χ1) is 15.9. The van der Waals surface area contributed by atoms with Crippen LogP contribution in [0.25, 0.3) is 0 Å². The van der Waals surface area contributed by atoms with E-state index in [9.17, 15) is 26.8 Å². The molecule has 1 N–H and O–H groups in total. The van der Waals surface area contributed by atoms with Gasteiger partial charge in [-0.3, -0.25) is 13.9 Å². The van der Waals surface area contributed by atoms with Gasteiger partial charge in [0.2, 0.25) is 21.8 Å². The van der Waals surface area contributed by atoms with Gasteiger partial charge >= 0.3 is 0 Å². The van der Waals surface area contributed by atoms with Crippen LogP contribution in [0.2, 0.25) is 5.02 Å². The Balaban J connectivity index is 2.16. The number of anilines is 1. The monoisotopic (exact) mass is 515 g/mol. The van der Waals surface area contributed by atoms with Crippen molar-refractivity contribution in [2.45, 2.75) is 39.3 Å². The van der Waals surface area contributed by atoms with E-state index in [2.05, 4.69) is 5.32 Å². The van der Waals surface area contributed by atoms with Crippen LogP contribution in [0.1, 0.15) is 32.3 Å². The second-order valence-electron chi connectivity index (χ2n) is 7.76. The Morgan fingerprint density at radius 2 is 1.74 bits per heavy atom. The van der Waals surface area contributed by atoms with Crippen molar-refractivity contribution in [3.8, 4) is 0 Å². The molecule has 2 rings (SSSR count). The summed E-state index contributed by atoms with van der Waals surface area (Å²) in [6.45, 7) is 3.83. The Morgan fingerprint density at radius 3 is 2.29 bits per heavy atom. The minimum Gasteiger partial charge on any atom is -0.355 e. The molecule has 0 radical (unpaired) electrons. The second kappa shape index (κ2) is 12.1. The number of hydrogen-bond donors (Lipinski definition) is 1. The zero-order valence-electron chi connectivity index (χ0n) is 19.2. The highest BCUT2D eigenvalue weighted by atomic mass is 35.5. The number of rotatable bonds is 11. The van der Waals surface area contributed by atoms with Gasteiger partial charge in [-0.15, -0.1) is 0 Å². The number of sulfonamides is 1. The normalized spacial score (nSPS) is 12.2. The number of carbonyl (C=O) groups excluding carboxylic acids is 2. The summed E-state index contributed by atoms with van der Waals surface area (Å²) in [6, 6.07) is 8.90. The van der Waals surface area contributed by atoms with Crippen molar-refractivity contribution < 1.29 is 26.8 Å². The predicted molar refractivity (Wildman–Crippen MR) is 128 cm³/mol. The molecule has 0 bridgehead atoms. The number of hydrogen-bond acceptors (Lipinski definition) is 4. The van der Waals surface area contributed by atoms with Crippen molar-refractivity contribution in [3.63, 3.8) is 0 Å². The number of likely N-dealkylation sites (N-methyl/N-ethyl adjacent to an activating group) is 1. The molecule has 34 heavy (non-hydrogen) atoms. The van der Waals surface area contributed by atoms with Gasteiger partial charge in [-0.2, -0.15) is 0 Å². The van der Waals surface area contributed by atoms with Crippen LogP contribution in [0.15, 0.2) is 42.5 Å². The zero-order valence-corrected chi connectivity index (χ0v) is 20.8. The van der Waals surface area contributed by atoms with Gasteiger partial charge < -0.3 is 10.2 Å². The summed E-state index contributed by atoms with van der Waals surface area (Å²) >= 11 is 5.93. The van der Waals surface area contributed by atoms with Crippen LogP contribution in [0, 0.1) is 11.6 Å². The van der Waals surface area contributed by atoms with Gasteiger partial charge in [0.25, 0.3) is 0 Å². The lowest BCUT2D eigenvalue weighted by atomic mass is 10.1. The molecule has 0 saturated carbocycles. The van der Waals surface area contributed by atoms with E-state index >= 15 is 0 Å². The van der Waals surface area contributed by atoms with E-state index in [1.165, 1.54) is 4.90 Å². The Hall–Kier alpha value is -2.72. The van der Waals surface area contributed by atoms with Crippen LogP contribution in [-0.4, -0.2) is 50.5 Å². The Kier molecular flexibility index (Phi) is 9.81. The number of benzene rings is 2. The highest BCUT2D eigenvalue weighted by Gasteiger charge is 2.26. The van der Waals surface area contributed by atoms with Gasteiger partial charge in [-0.25, -0.2) is 17.2 Å². The molecular weight excluding hydrogens is 488 g/mol. The first kappa shape index (κ1) is 27.5. The molecular formula is C23H28ClF2N3O4S. The minimum atomic E-state index is -3.81. The summed E-state index contributed by atoms with van der Waals surface area (Å²) in [5, 5.41) is 3.23. The standard InChI is InChI=1S/C23H28ClF2N3O4S/c1-4-27-23(31)16(2)28(15-17-7-9-18(24)10-8-17)22(30)6-5-13-29(34(3,32)33)19-11-12-20(25)21(26)14-19/h7-12,14,16H,4-6,13,15H2,1-3H3,(H,27,31)/t16-/m1/s1. The van der Waals surface area contributed by atoms with E-state index < -0.39 is 27.7 Å². The summed E-state index contributed by atoms with van der Waals surface area (Å²) in [5.41, 5.74) is 0.732. The maximum atomic E-state index is 13.6. The molecule has 0 fully saturated rings. The fourth-order valence-corrected chi connectivity index (χ4v) is 4.42. The molecule has 0 unspecified atom stereocenters. The van der Waals surface area contributed by atoms with E-state index in [1.807, 2.05) is 0 Å². The molecule has 0 spiro atoms. The summed E-state index contributed by atoms with van der Waals surface area (Å²) < 4.78 is 52.3. The van der Waals surface area contributed by atoms with E-state index in [0.29, 0.717) is 11.6 Å². The molecule has 0 aliphatic rings. The number of halogens is 3. The molecule has 186 valence electrons. The molecule has 0 aliphatic heterocycles. The van der Waals surface area contributed by atoms with Crippen molar-refractivity contribution in [1.82, 2.24) is 10.2 Å². The van der Waals surface area contributed by atoms with E-state index in [-0.39, 0.29) is 43.4 Å². The first-order valence-electron chi connectivity index (χ1n) is 10.7. The highest BCUT2D eigenvalue weighted by Crippen LogP contribution is 2.22. The summed E-state index contributed by atoms with van der Waals surface area (Å²) in [5.74, 6) is -2.94. The molecule has 0 saturated heterocycles. The van der Waals surface area contributed by atoms with Crippen LogP contribution in [0.4, 0.5) is 14.5 Å². The number of nitrogens with zero attached hydrogens (tertiary/aromatic N) is 2. The summed E-state index contributed by atoms with van der Waals surface area (Å²) in [6.07, 6.45) is 0.983. The van der Waals surface area contributed by atoms with Gasteiger partial charge in [0.05, 0.1) is 11.9 Å². The number of amides is 2. The average Bonchev–Trinajstić information content (AvgIpc) is 2.77. The predicted octanol–water partition coefficient (Wildman–Crippen LogP) is 3.72. The smallest absolute Gasteiger partial charge is 0.242 e. The molecule has 7 nitrogen and oxygen atoms in total. The average molecular weight is 516 g/mol. The maximum absolute atomic E-state index is 13.6. The first-order valence-corrected chi connectivity index (χ1v) is 12.9. The van der Waals surface area contributed by atoms with Gasteiger partial charge in [0.1, 0.15) is 6.04 Å². The molecule has 1 atom stereocenters. The Morgan fingerprint density at radius 1 is 1.09 bits per heavy atom. The van der Waals surface area contributed by atoms with Gasteiger partial charge in [-0.1, -0.05) is 23.7 Å². The Labute approximate surface area is 203 Å². The number of nitrogens with one attached hydrogen (secondary N) is 1. The fraction of sp³-hybridized carbons (Fsp3) is 0.391. The number of carbonyl (C=O) groups is 2. The molecule has 0 heterocycles. The molecule has 0 aromatic heterocycles. The third-order valence-electron chi connectivity index (χ3n) is 5.13. The van der Waals surface area contributed by atoms with Crippen LogP contribution in [0.3, 0.4) is 0 Å². The van der Waals surface area contributed by atoms with Gasteiger partial charge in [-0.05, 0) is 50.1 Å². The largest absolute Gasteiger partial charge is 0.355 e. The van der Waals surface area contributed by atoms with Crippen molar-refractivity contribution >= 4 is 39.1 Å². The van der Waals surface area contributed by atoms with E-state index in [0.717, 1.165) is 34.3 Å². The molecule has 0 aliphatic carbocycles. The van der Waals surface area contributed by atoms with Crippen molar-refractivity contribution in [2.75, 3.05) is 23.7 Å². The van der Waals surface area contributed by atoms with Gasteiger partial charge in [0.15, 0.2) is 11.6 Å². The minimum absolute atomic E-state index is 0.0393. The fourth-order valence-electron chi connectivity index (χ4n) is 3.34. The van der Waals surface area contributed by atoms with Crippen LogP contribution < -0.4 is 9.62 Å². The third kappa shape index (κ3) is 7.66. The Bertz CT molecular complexity index is 1110. The lowest BCUT2D eigenvalue weighted by Crippen LogP contribution is -2.47. The van der Waals surface area contributed by atoms with E-state index in [1.54, 1.807) is 38.1 Å². The van der Waals surface area contributed by atoms with Crippen molar-refractivity contribution in [2.24, 2.45) is 0 Å².